The zero-order valence-electron chi connectivity index (χ0n) is 11.3. The topological polar surface area (TPSA) is 106 Å². The van der Waals surface area contributed by atoms with E-state index >= 15 is 0 Å². The first-order valence-electron chi connectivity index (χ1n) is 5.83. The second-order valence-corrected chi connectivity index (χ2v) is 5.71. The molecule has 1 unspecified atom stereocenters. The maximum atomic E-state index is 12.0. The summed E-state index contributed by atoms with van der Waals surface area (Å²) >= 11 is 0. The monoisotopic (exact) mass is 257 g/mol. The average molecular weight is 257 g/mol. The van der Waals surface area contributed by atoms with Gasteiger partial charge in [-0.2, -0.15) is 10.5 Å². The van der Waals surface area contributed by atoms with Crippen LogP contribution in [0.3, 0.4) is 0 Å². The minimum absolute atomic E-state index is 0.0289. The van der Waals surface area contributed by atoms with Crippen LogP contribution in [0.15, 0.2) is 22.5 Å². The van der Waals surface area contributed by atoms with Gasteiger partial charge in [0, 0.05) is 18.0 Å². The van der Waals surface area contributed by atoms with E-state index in [1.165, 1.54) is 0 Å². The van der Waals surface area contributed by atoms with Gasteiger partial charge in [-0.05, 0) is 0 Å². The summed E-state index contributed by atoms with van der Waals surface area (Å²) in [5.74, 6) is -0.181. The molecule has 0 fully saturated rings. The quantitative estimate of drug-likeness (QED) is 0.650. The van der Waals surface area contributed by atoms with Crippen LogP contribution in [0.25, 0.3) is 0 Å². The Labute approximate surface area is 111 Å². The molecule has 1 amide bonds. The SMILES string of the molecule is CN1C(N)=C(C#N)C2=C(C#N)C(=O)NC21C(C)(C)C. The summed E-state index contributed by atoms with van der Waals surface area (Å²) in [5.41, 5.74) is 5.15. The smallest absolute Gasteiger partial charge is 0.264 e. The summed E-state index contributed by atoms with van der Waals surface area (Å²) in [7, 11) is 1.71. The number of nitriles is 2. The van der Waals surface area contributed by atoms with Crippen LogP contribution in [-0.2, 0) is 4.79 Å². The number of nitrogens with one attached hydrogen (secondary N) is 1. The number of amides is 1. The van der Waals surface area contributed by atoms with Gasteiger partial charge in [-0.1, -0.05) is 20.8 Å². The summed E-state index contributed by atoms with van der Waals surface area (Å²) in [4.78, 5) is 13.7. The second kappa shape index (κ2) is 3.52. The van der Waals surface area contributed by atoms with Crippen LogP contribution in [0.5, 0.6) is 0 Å². The van der Waals surface area contributed by atoms with Gasteiger partial charge in [0.15, 0.2) is 0 Å². The van der Waals surface area contributed by atoms with Crippen molar-refractivity contribution in [1.29, 1.82) is 10.5 Å². The zero-order valence-corrected chi connectivity index (χ0v) is 11.3. The third-order valence-electron chi connectivity index (χ3n) is 3.81. The number of nitrogens with zero attached hydrogens (tertiary/aromatic N) is 3. The van der Waals surface area contributed by atoms with Gasteiger partial charge in [0.2, 0.25) is 0 Å². The molecule has 1 atom stereocenters. The number of hydrogen-bond donors (Lipinski definition) is 2. The predicted molar refractivity (Wildman–Crippen MR) is 67.6 cm³/mol. The lowest BCUT2D eigenvalue weighted by molar-refractivity contribution is -0.120. The van der Waals surface area contributed by atoms with E-state index in [1.54, 1.807) is 11.9 Å². The molecule has 0 saturated carbocycles. The highest BCUT2D eigenvalue weighted by Crippen LogP contribution is 2.51. The Morgan fingerprint density at radius 2 is 1.79 bits per heavy atom. The molecule has 2 aliphatic rings. The van der Waals surface area contributed by atoms with Crippen LogP contribution in [0.2, 0.25) is 0 Å². The lowest BCUT2D eigenvalue weighted by Crippen LogP contribution is -2.62. The first-order valence-corrected chi connectivity index (χ1v) is 5.83. The Kier molecular flexibility index (Phi) is 2.40. The molecule has 2 aliphatic heterocycles. The molecular formula is C13H15N5O. The molecule has 0 aromatic rings. The van der Waals surface area contributed by atoms with Crippen molar-refractivity contribution < 1.29 is 4.79 Å². The van der Waals surface area contributed by atoms with Crippen molar-refractivity contribution in [2.45, 2.75) is 26.4 Å². The molecule has 3 N–H and O–H groups in total. The van der Waals surface area contributed by atoms with Crippen molar-refractivity contribution in [3.63, 3.8) is 0 Å². The van der Waals surface area contributed by atoms with E-state index in [0.29, 0.717) is 5.57 Å². The summed E-state index contributed by atoms with van der Waals surface area (Å²) < 4.78 is 0. The molecular weight excluding hydrogens is 242 g/mol. The Morgan fingerprint density at radius 3 is 2.21 bits per heavy atom. The first-order chi connectivity index (χ1) is 8.72. The number of hydrogen-bond acceptors (Lipinski definition) is 5. The maximum absolute atomic E-state index is 12.0. The first kappa shape index (κ1) is 13.0. The lowest BCUT2D eigenvalue weighted by atomic mass is 9.75. The minimum atomic E-state index is -0.940. The zero-order chi connectivity index (χ0) is 14.6. The van der Waals surface area contributed by atoms with Crippen LogP contribution < -0.4 is 11.1 Å². The van der Waals surface area contributed by atoms with Crippen molar-refractivity contribution in [3.8, 4) is 12.1 Å². The Hall–Kier alpha value is -2.47. The average Bonchev–Trinajstić information content (AvgIpc) is 2.72. The molecule has 0 aromatic heterocycles. The number of nitrogens with two attached hydrogens (primary N) is 1. The fraction of sp³-hybridized carbons (Fsp3) is 0.462. The number of fused-ring (bicyclic) bond motifs is 1. The Morgan fingerprint density at radius 1 is 1.26 bits per heavy atom. The fourth-order valence-electron chi connectivity index (χ4n) is 2.90. The fourth-order valence-corrected chi connectivity index (χ4v) is 2.90. The minimum Gasteiger partial charge on any atom is -0.384 e. The van der Waals surface area contributed by atoms with Gasteiger partial charge >= 0.3 is 0 Å². The predicted octanol–water partition coefficient (Wildman–Crippen LogP) is 0.318. The number of rotatable bonds is 0. The van der Waals surface area contributed by atoms with Crippen LogP contribution in [0, 0.1) is 28.1 Å². The van der Waals surface area contributed by atoms with Crippen LogP contribution in [0.1, 0.15) is 20.8 Å². The van der Waals surface area contributed by atoms with Gasteiger partial charge in [-0.15, -0.1) is 0 Å². The Balaban J connectivity index is 2.87. The van der Waals surface area contributed by atoms with E-state index in [9.17, 15) is 15.3 Å². The van der Waals surface area contributed by atoms with E-state index in [1.807, 2.05) is 32.9 Å². The molecule has 0 radical (unpaired) electrons. The van der Waals surface area contributed by atoms with Gasteiger partial charge < -0.3 is 16.0 Å². The molecule has 0 spiro atoms. The molecule has 6 heteroatoms. The van der Waals surface area contributed by atoms with Gasteiger partial charge in [0.25, 0.3) is 5.91 Å². The van der Waals surface area contributed by atoms with Crippen molar-refractivity contribution in [3.05, 3.63) is 22.5 Å². The summed E-state index contributed by atoms with van der Waals surface area (Å²) in [6, 6.07) is 3.90. The number of carbonyl (C=O) groups is 1. The standard InChI is InChI=1S/C13H15N5O/c1-12(2,3)13-9(8(6-15)11(19)17-13)7(5-14)10(16)18(13)4/h16H2,1-4H3,(H,17,19). The molecule has 0 aliphatic carbocycles. The van der Waals surface area contributed by atoms with Gasteiger partial charge in [0.1, 0.15) is 34.8 Å². The summed E-state index contributed by atoms with van der Waals surface area (Å²) in [6.45, 7) is 5.78. The highest BCUT2D eigenvalue weighted by atomic mass is 16.2. The molecule has 98 valence electrons. The Bertz CT molecular complexity index is 623. The summed E-state index contributed by atoms with van der Waals surface area (Å²) in [6.07, 6.45) is 0. The van der Waals surface area contributed by atoms with Crippen LogP contribution in [-0.4, -0.2) is 23.5 Å². The van der Waals surface area contributed by atoms with Gasteiger partial charge in [0.05, 0.1) is 0 Å². The molecule has 2 heterocycles. The van der Waals surface area contributed by atoms with Crippen LogP contribution >= 0.6 is 0 Å². The molecule has 2 rings (SSSR count). The molecule has 19 heavy (non-hydrogen) atoms. The van der Waals surface area contributed by atoms with E-state index in [-0.39, 0.29) is 17.0 Å². The highest BCUT2D eigenvalue weighted by molar-refractivity contribution is 6.04. The lowest BCUT2D eigenvalue weighted by Gasteiger charge is -2.46. The van der Waals surface area contributed by atoms with E-state index in [0.717, 1.165) is 0 Å². The molecule has 0 bridgehead atoms. The number of likely N-dealkylation sites (N-methyl/N-ethyl adjacent to an activating group) is 1. The van der Waals surface area contributed by atoms with Crippen LogP contribution in [0.4, 0.5) is 0 Å². The second-order valence-electron chi connectivity index (χ2n) is 5.71. The van der Waals surface area contributed by atoms with E-state index in [2.05, 4.69) is 5.32 Å². The van der Waals surface area contributed by atoms with Crippen molar-refractivity contribution >= 4 is 5.91 Å². The third-order valence-corrected chi connectivity index (χ3v) is 3.81. The van der Waals surface area contributed by atoms with Crippen molar-refractivity contribution in [2.24, 2.45) is 11.1 Å². The normalized spacial score (nSPS) is 26.2. The van der Waals surface area contributed by atoms with E-state index in [4.69, 9.17) is 5.73 Å². The van der Waals surface area contributed by atoms with Gasteiger partial charge in [-0.3, -0.25) is 4.79 Å². The van der Waals surface area contributed by atoms with Crippen molar-refractivity contribution in [2.75, 3.05) is 7.05 Å². The van der Waals surface area contributed by atoms with Crippen molar-refractivity contribution in [1.82, 2.24) is 10.2 Å². The largest absolute Gasteiger partial charge is 0.384 e. The molecule has 0 aromatic carbocycles. The molecule has 0 saturated heterocycles. The molecule has 6 nitrogen and oxygen atoms in total. The maximum Gasteiger partial charge on any atom is 0.264 e. The third kappa shape index (κ3) is 1.26. The highest BCUT2D eigenvalue weighted by Gasteiger charge is 2.61. The summed E-state index contributed by atoms with van der Waals surface area (Å²) in [5, 5.41) is 21.3. The van der Waals surface area contributed by atoms with Gasteiger partial charge in [-0.25, -0.2) is 0 Å². The number of carbonyl (C=O) groups excluding carboxylic acids is 1. The van der Waals surface area contributed by atoms with E-state index < -0.39 is 17.0 Å².